The average molecular weight is 267 g/mol. The van der Waals surface area contributed by atoms with E-state index in [1.54, 1.807) is 0 Å². The van der Waals surface area contributed by atoms with Gasteiger partial charge in [0.25, 0.3) is 0 Å². The second kappa shape index (κ2) is 6.69. The van der Waals surface area contributed by atoms with Crippen molar-refractivity contribution in [3.05, 3.63) is 24.3 Å². The molecule has 1 atom stereocenters. The number of para-hydroxylation sites is 1. The fourth-order valence-corrected chi connectivity index (χ4v) is 1.74. The van der Waals surface area contributed by atoms with Crippen molar-refractivity contribution in [2.75, 3.05) is 13.2 Å². The number of amides is 1. The van der Waals surface area contributed by atoms with Crippen molar-refractivity contribution >= 4 is 18.5 Å². The zero-order valence-electron chi connectivity index (χ0n) is 11.2. The minimum atomic E-state index is -0.508. The maximum Gasteiger partial charge on any atom is 0.229 e. The maximum atomic E-state index is 12.0. The second-order valence-corrected chi connectivity index (χ2v) is 5.01. The molecule has 0 fully saturated rings. The van der Waals surface area contributed by atoms with Gasteiger partial charge in [-0.25, -0.2) is 0 Å². The van der Waals surface area contributed by atoms with E-state index >= 15 is 0 Å². The number of hydrogen-bond acceptors (Lipinski definition) is 3. The molecular formula is C14H21NO2S. The molecular weight excluding hydrogens is 246 g/mol. The SMILES string of the molecule is CCNC(=O)C(C)(CC)COc1ccccc1S. The number of thiol groups is 1. The summed E-state index contributed by atoms with van der Waals surface area (Å²) < 4.78 is 5.72. The fraction of sp³-hybridized carbons (Fsp3) is 0.500. The molecule has 1 aromatic carbocycles. The Labute approximate surface area is 114 Å². The van der Waals surface area contributed by atoms with Crippen LogP contribution in [0.15, 0.2) is 29.2 Å². The standard InChI is InChI=1S/C14H21NO2S/c1-4-14(3,13(16)15-5-2)10-17-11-8-6-7-9-12(11)18/h6-9,18H,4-5,10H2,1-3H3,(H,15,16). The Morgan fingerprint density at radius 1 is 1.39 bits per heavy atom. The molecule has 100 valence electrons. The lowest BCUT2D eigenvalue weighted by molar-refractivity contribution is -0.132. The first-order valence-electron chi connectivity index (χ1n) is 6.22. The highest BCUT2D eigenvalue weighted by molar-refractivity contribution is 7.80. The van der Waals surface area contributed by atoms with E-state index in [9.17, 15) is 4.79 Å². The van der Waals surface area contributed by atoms with Crippen molar-refractivity contribution in [2.24, 2.45) is 5.41 Å². The maximum absolute atomic E-state index is 12.0. The minimum Gasteiger partial charge on any atom is -0.491 e. The summed E-state index contributed by atoms with van der Waals surface area (Å²) in [4.78, 5) is 12.8. The lowest BCUT2D eigenvalue weighted by Gasteiger charge is -2.27. The molecule has 3 nitrogen and oxygen atoms in total. The van der Waals surface area contributed by atoms with Gasteiger partial charge in [-0.3, -0.25) is 4.79 Å². The number of carbonyl (C=O) groups excluding carboxylic acids is 1. The third kappa shape index (κ3) is 3.67. The molecule has 1 rings (SSSR count). The van der Waals surface area contributed by atoms with Crippen molar-refractivity contribution in [3.63, 3.8) is 0 Å². The van der Waals surface area contributed by atoms with Gasteiger partial charge in [0.15, 0.2) is 0 Å². The van der Waals surface area contributed by atoms with Crippen LogP contribution in [0.2, 0.25) is 0 Å². The lowest BCUT2D eigenvalue weighted by Crippen LogP contribution is -2.42. The smallest absolute Gasteiger partial charge is 0.229 e. The molecule has 0 aromatic heterocycles. The Morgan fingerprint density at radius 3 is 2.61 bits per heavy atom. The first-order valence-corrected chi connectivity index (χ1v) is 6.67. The van der Waals surface area contributed by atoms with Crippen LogP contribution in [0.1, 0.15) is 27.2 Å². The number of carbonyl (C=O) groups is 1. The third-order valence-corrected chi connectivity index (χ3v) is 3.45. The van der Waals surface area contributed by atoms with Gasteiger partial charge in [-0.05, 0) is 32.4 Å². The van der Waals surface area contributed by atoms with Crippen LogP contribution in [-0.4, -0.2) is 19.1 Å². The van der Waals surface area contributed by atoms with Gasteiger partial charge in [0, 0.05) is 11.4 Å². The molecule has 0 bridgehead atoms. The van der Waals surface area contributed by atoms with E-state index in [0.717, 1.165) is 11.3 Å². The van der Waals surface area contributed by atoms with Crippen molar-refractivity contribution in [3.8, 4) is 5.75 Å². The van der Waals surface area contributed by atoms with Gasteiger partial charge in [0.05, 0.1) is 5.41 Å². The van der Waals surface area contributed by atoms with Crippen LogP contribution < -0.4 is 10.1 Å². The third-order valence-electron chi connectivity index (χ3n) is 3.08. The Bertz CT molecular complexity index is 409. The van der Waals surface area contributed by atoms with Crippen LogP contribution in [0.4, 0.5) is 0 Å². The molecule has 0 saturated carbocycles. The molecule has 0 radical (unpaired) electrons. The van der Waals surface area contributed by atoms with Gasteiger partial charge in [0.2, 0.25) is 5.91 Å². The van der Waals surface area contributed by atoms with Gasteiger partial charge < -0.3 is 10.1 Å². The Balaban J connectivity index is 2.70. The van der Waals surface area contributed by atoms with Crippen LogP contribution in [-0.2, 0) is 4.79 Å². The van der Waals surface area contributed by atoms with Crippen LogP contribution in [0.5, 0.6) is 5.75 Å². The zero-order chi connectivity index (χ0) is 13.6. The zero-order valence-corrected chi connectivity index (χ0v) is 12.1. The topological polar surface area (TPSA) is 38.3 Å². The van der Waals surface area contributed by atoms with Gasteiger partial charge in [-0.15, -0.1) is 12.6 Å². The van der Waals surface area contributed by atoms with Gasteiger partial charge in [0.1, 0.15) is 12.4 Å². The molecule has 0 aliphatic rings. The van der Waals surface area contributed by atoms with Gasteiger partial charge in [-0.2, -0.15) is 0 Å². The molecule has 0 spiro atoms. The number of rotatable bonds is 6. The minimum absolute atomic E-state index is 0.0316. The van der Waals surface area contributed by atoms with Crippen LogP contribution in [0.25, 0.3) is 0 Å². The normalized spacial score (nSPS) is 13.8. The van der Waals surface area contributed by atoms with E-state index in [1.807, 2.05) is 45.0 Å². The van der Waals surface area contributed by atoms with E-state index in [1.165, 1.54) is 0 Å². The molecule has 0 aliphatic carbocycles. The summed E-state index contributed by atoms with van der Waals surface area (Å²) in [6.45, 7) is 6.81. The first-order chi connectivity index (χ1) is 8.53. The molecule has 0 aliphatic heterocycles. The predicted molar refractivity (Wildman–Crippen MR) is 76.3 cm³/mol. The van der Waals surface area contributed by atoms with Crippen LogP contribution in [0.3, 0.4) is 0 Å². The summed E-state index contributed by atoms with van der Waals surface area (Å²) in [7, 11) is 0. The van der Waals surface area contributed by atoms with Gasteiger partial charge >= 0.3 is 0 Å². The predicted octanol–water partition coefficient (Wildman–Crippen LogP) is 2.91. The molecule has 4 heteroatoms. The largest absolute Gasteiger partial charge is 0.491 e. The molecule has 18 heavy (non-hydrogen) atoms. The quantitative estimate of drug-likeness (QED) is 0.778. The summed E-state index contributed by atoms with van der Waals surface area (Å²) in [5, 5.41) is 2.85. The summed E-state index contributed by atoms with van der Waals surface area (Å²) in [6.07, 6.45) is 0.730. The molecule has 1 N–H and O–H groups in total. The van der Waals surface area contributed by atoms with E-state index in [4.69, 9.17) is 4.74 Å². The first kappa shape index (κ1) is 14.9. The highest BCUT2D eigenvalue weighted by Gasteiger charge is 2.32. The Hall–Kier alpha value is -1.16. The van der Waals surface area contributed by atoms with E-state index in [0.29, 0.717) is 18.9 Å². The van der Waals surface area contributed by atoms with Crippen LogP contribution >= 0.6 is 12.6 Å². The summed E-state index contributed by atoms with van der Waals surface area (Å²) in [5.74, 6) is 0.744. The fourth-order valence-electron chi connectivity index (χ4n) is 1.52. The Kier molecular flexibility index (Phi) is 5.54. The number of hydrogen-bond donors (Lipinski definition) is 2. The van der Waals surface area contributed by atoms with E-state index < -0.39 is 5.41 Å². The van der Waals surface area contributed by atoms with Crippen LogP contribution in [0, 0.1) is 5.41 Å². The van der Waals surface area contributed by atoms with E-state index in [-0.39, 0.29) is 5.91 Å². The molecule has 1 unspecified atom stereocenters. The highest BCUT2D eigenvalue weighted by atomic mass is 32.1. The molecule has 0 heterocycles. The van der Waals surface area contributed by atoms with Gasteiger partial charge in [-0.1, -0.05) is 19.1 Å². The summed E-state index contributed by atoms with van der Waals surface area (Å²) >= 11 is 4.32. The number of nitrogens with one attached hydrogen (secondary N) is 1. The van der Waals surface area contributed by atoms with E-state index in [2.05, 4.69) is 17.9 Å². The summed E-state index contributed by atoms with van der Waals surface area (Å²) in [5.41, 5.74) is -0.508. The molecule has 1 amide bonds. The summed E-state index contributed by atoms with van der Waals surface area (Å²) in [6, 6.07) is 7.52. The molecule has 0 saturated heterocycles. The Morgan fingerprint density at radius 2 is 2.06 bits per heavy atom. The number of benzene rings is 1. The van der Waals surface area contributed by atoms with Crippen molar-refractivity contribution in [1.82, 2.24) is 5.32 Å². The molecule has 1 aromatic rings. The average Bonchev–Trinajstić information content (AvgIpc) is 2.37. The van der Waals surface area contributed by atoms with Crippen molar-refractivity contribution in [1.29, 1.82) is 0 Å². The lowest BCUT2D eigenvalue weighted by atomic mass is 9.87. The second-order valence-electron chi connectivity index (χ2n) is 4.53. The van der Waals surface area contributed by atoms with Crippen molar-refractivity contribution in [2.45, 2.75) is 32.1 Å². The highest BCUT2D eigenvalue weighted by Crippen LogP contribution is 2.26. The number of ether oxygens (including phenoxy) is 1. The van der Waals surface area contributed by atoms with Crippen molar-refractivity contribution < 1.29 is 9.53 Å². The monoisotopic (exact) mass is 267 g/mol.